The fourth-order valence-electron chi connectivity index (χ4n) is 6.32. The van der Waals surface area contributed by atoms with Crippen molar-refractivity contribution in [1.29, 1.82) is 0 Å². The van der Waals surface area contributed by atoms with Crippen LogP contribution in [0.3, 0.4) is 0 Å². The number of rotatable bonds is 1. The molecule has 0 radical (unpaired) electrons. The Labute approximate surface area is 262 Å². The number of hydrogen-bond donors (Lipinski definition) is 2. The number of aliphatic imine (C=N–C) groups is 1. The highest BCUT2D eigenvalue weighted by Gasteiger charge is 2.36. The van der Waals surface area contributed by atoms with Gasteiger partial charge in [-0.3, -0.25) is 14.6 Å². The van der Waals surface area contributed by atoms with Crippen molar-refractivity contribution in [1.82, 2.24) is 25.2 Å². The number of nitrogens with zero attached hydrogens (tertiary/aromatic N) is 5. The van der Waals surface area contributed by atoms with E-state index in [1.807, 2.05) is 16.8 Å². The molecule has 2 N–H and O–H groups in total. The Kier molecular flexibility index (Phi) is 10.2. The van der Waals surface area contributed by atoms with Crippen molar-refractivity contribution in [3.05, 3.63) is 62.8 Å². The number of pyridine rings is 1. The van der Waals surface area contributed by atoms with Crippen LogP contribution in [0.5, 0.6) is 0 Å². The predicted molar refractivity (Wildman–Crippen MR) is 167 cm³/mol. The molecule has 0 spiro atoms. The molecule has 4 bridgehead atoms. The van der Waals surface area contributed by atoms with Crippen LogP contribution in [-0.2, 0) is 22.5 Å². The molecule has 2 aromatic rings. The van der Waals surface area contributed by atoms with Gasteiger partial charge in [0.05, 0.1) is 17.3 Å². The smallest absolute Gasteiger partial charge is 0.276 e. The van der Waals surface area contributed by atoms with Gasteiger partial charge in [0.2, 0.25) is 5.91 Å². The van der Waals surface area contributed by atoms with Crippen molar-refractivity contribution in [2.24, 2.45) is 12.0 Å². The van der Waals surface area contributed by atoms with E-state index in [0.29, 0.717) is 62.1 Å². The van der Waals surface area contributed by atoms with Crippen LogP contribution in [0.25, 0.3) is 0 Å². The summed E-state index contributed by atoms with van der Waals surface area (Å²) >= 11 is 0. The van der Waals surface area contributed by atoms with Gasteiger partial charge in [-0.25, -0.2) is 18.6 Å². The van der Waals surface area contributed by atoms with E-state index in [4.69, 9.17) is 9.73 Å². The lowest BCUT2D eigenvalue weighted by Gasteiger charge is -2.37. The molecular formula is C32H44F3N7O3. The second-order valence-electron chi connectivity index (χ2n) is 12.2. The van der Waals surface area contributed by atoms with Crippen molar-refractivity contribution in [2.45, 2.75) is 64.1 Å². The zero-order valence-corrected chi connectivity index (χ0v) is 26.5. The number of benzene rings is 1. The Morgan fingerprint density at radius 2 is 1.78 bits per heavy atom. The SMILES string of the molecule is CC(=O)N1CCN(c2cc3c(n(C)c2=O)C2NNC3=N[C@H](C)c3cccc(c3F)C(F)(F)CCCN(C)CCCCCO2)CC1. The Bertz CT molecular complexity index is 1470. The average molecular weight is 632 g/mol. The maximum Gasteiger partial charge on any atom is 0.276 e. The number of halogens is 3. The van der Waals surface area contributed by atoms with Crippen LogP contribution < -0.4 is 21.3 Å². The van der Waals surface area contributed by atoms with Gasteiger partial charge in [0, 0.05) is 64.3 Å². The molecule has 1 saturated heterocycles. The van der Waals surface area contributed by atoms with E-state index in [1.165, 1.54) is 19.1 Å². The van der Waals surface area contributed by atoms with Gasteiger partial charge in [-0.2, -0.15) is 0 Å². The molecular weight excluding hydrogens is 587 g/mol. The standard InChI is InChI=1S/C32H44F3N7O3/c1-21-23-10-8-11-25(27(23)33)32(34,35)12-9-14-39(3)13-6-5-7-19-45-30-28-24(29(36-21)37-38-30)20-26(31(44)40(28)4)42-17-15-41(16-18-42)22(2)43/h8,10-11,20-21,30,38H,5-7,9,12-19H2,1-4H3,(H,36,37)/t21-,30?/m1/s1. The molecule has 1 fully saturated rings. The van der Waals surface area contributed by atoms with Crippen LogP contribution in [0.15, 0.2) is 34.1 Å². The van der Waals surface area contributed by atoms with Gasteiger partial charge in [0.1, 0.15) is 17.3 Å². The number of amides is 1. The first-order valence-electron chi connectivity index (χ1n) is 15.8. The fourth-order valence-corrected chi connectivity index (χ4v) is 6.32. The van der Waals surface area contributed by atoms with Gasteiger partial charge < -0.3 is 29.4 Å². The number of fused-ring (bicyclic) bond motifs is 8. The largest absolute Gasteiger partial charge is 0.364 e. The Hall–Kier alpha value is -3.42. The maximum atomic E-state index is 15.8. The van der Waals surface area contributed by atoms with Crippen molar-refractivity contribution < 1.29 is 22.7 Å². The number of amidine groups is 1. The number of anilines is 1. The normalized spacial score (nSPS) is 23.6. The lowest BCUT2D eigenvalue weighted by atomic mass is 9.97. The van der Waals surface area contributed by atoms with Crippen molar-refractivity contribution in [3.63, 3.8) is 0 Å². The lowest BCUT2D eigenvalue weighted by molar-refractivity contribution is -0.129. The monoisotopic (exact) mass is 631 g/mol. The van der Waals surface area contributed by atoms with Crippen LogP contribution in [0.2, 0.25) is 0 Å². The van der Waals surface area contributed by atoms with E-state index in [2.05, 4.69) is 10.9 Å². The highest BCUT2D eigenvalue weighted by Crippen LogP contribution is 2.37. The summed E-state index contributed by atoms with van der Waals surface area (Å²) in [5.74, 6) is -3.96. The number of carbonyl (C=O) groups is 1. The van der Waals surface area contributed by atoms with Crippen LogP contribution >= 0.6 is 0 Å². The third-order valence-corrected chi connectivity index (χ3v) is 9.03. The fraction of sp³-hybridized carbons (Fsp3) is 0.594. The van der Waals surface area contributed by atoms with Gasteiger partial charge in [0.25, 0.3) is 11.5 Å². The molecule has 10 nitrogen and oxygen atoms in total. The van der Waals surface area contributed by atoms with Gasteiger partial charge in [-0.1, -0.05) is 18.2 Å². The number of nitrogens with one attached hydrogen (secondary N) is 2. The number of ether oxygens (including phenoxy) is 1. The summed E-state index contributed by atoms with van der Waals surface area (Å²) < 4.78 is 54.1. The molecule has 45 heavy (non-hydrogen) atoms. The lowest BCUT2D eigenvalue weighted by Crippen LogP contribution is -2.52. The number of hydrogen-bond acceptors (Lipinski definition) is 8. The number of aromatic nitrogens is 1. The third-order valence-electron chi connectivity index (χ3n) is 9.03. The molecule has 246 valence electrons. The summed E-state index contributed by atoms with van der Waals surface area (Å²) in [5, 5.41) is 0. The first-order valence-corrected chi connectivity index (χ1v) is 15.8. The van der Waals surface area contributed by atoms with E-state index in [-0.39, 0.29) is 23.5 Å². The molecule has 1 aromatic carbocycles. The second-order valence-corrected chi connectivity index (χ2v) is 12.2. The molecule has 0 saturated carbocycles. The number of piperazine rings is 1. The Balaban J connectivity index is 1.56. The maximum absolute atomic E-state index is 15.8. The van der Waals surface area contributed by atoms with E-state index in [1.54, 1.807) is 29.5 Å². The van der Waals surface area contributed by atoms with Gasteiger partial charge in [0.15, 0.2) is 6.23 Å². The molecule has 3 aliphatic heterocycles. The van der Waals surface area contributed by atoms with Gasteiger partial charge in [-0.15, -0.1) is 0 Å². The number of carbonyl (C=O) groups excluding carboxylic acids is 1. The minimum atomic E-state index is -3.32. The molecule has 2 atom stereocenters. The zero-order valence-electron chi connectivity index (χ0n) is 26.5. The average Bonchev–Trinajstić information content (AvgIpc) is 3.00. The quantitative estimate of drug-likeness (QED) is 0.495. The van der Waals surface area contributed by atoms with E-state index < -0.39 is 36.0 Å². The van der Waals surface area contributed by atoms with Crippen LogP contribution in [0.4, 0.5) is 18.9 Å². The molecule has 5 rings (SSSR count). The molecule has 4 heterocycles. The first kappa shape index (κ1) is 33.0. The Morgan fingerprint density at radius 3 is 2.51 bits per heavy atom. The molecule has 1 aromatic heterocycles. The van der Waals surface area contributed by atoms with Gasteiger partial charge in [-0.05, 0) is 58.8 Å². The molecule has 0 aliphatic carbocycles. The zero-order chi connectivity index (χ0) is 32.3. The highest BCUT2D eigenvalue weighted by molar-refractivity contribution is 6.01. The van der Waals surface area contributed by atoms with Crippen molar-refractivity contribution in [2.75, 3.05) is 57.8 Å². The van der Waals surface area contributed by atoms with Gasteiger partial charge >= 0.3 is 0 Å². The van der Waals surface area contributed by atoms with Crippen LogP contribution in [0.1, 0.15) is 80.6 Å². The minimum absolute atomic E-state index is 0.00934. The second kappa shape index (κ2) is 13.9. The summed E-state index contributed by atoms with van der Waals surface area (Å²) in [5.41, 5.74) is 7.01. The molecule has 1 amide bonds. The van der Waals surface area contributed by atoms with E-state index in [0.717, 1.165) is 31.9 Å². The van der Waals surface area contributed by atoms with Crippen molar-refractivity contribution >= 4 is 17.4 Å². The highest BCUT2D eigenvalue weighted by atomic mass is 19.3. The van der Waals surface area contributed by atoms with E-state index in [9.17, 15) is 9.59 Å². The van der Waals surface area contributed by atoms with Crippen LogP contribution in [0, 0.1) is 5.82 Å². The van der Waals surface area contributed by atoms with Crippen LogP contribution in [-0.4, -0.2) is 79.0 Å². The molecule has 1 unspecified atom stereocenters. The van der Waals surface area contributed by atoms with Crippen molar-refractivity contribution in [3.8, 4) is 0 Å². The Morgan fingerprint density at radius 1 is 1.04 bits per heavy atom. The number of alkyl halides is 2. The topological polar surface area (TPSA) is 94.4 Å². The molecule has 13 heteroatoms. The number of hydrazine groups is 1. The van der Waals surface area contributed by atoms with E-state index >= 15 is 13.2 Å². The summed E-state index contributed by atoms with van der Waals surface area (Å²) in [7, 11) is 3.59. The summed E-state index contributed by atoms with van der Waals surface area (Å²) in [6.07, 6.45) is 1.69. The summed E-state index contributed by atoms with van der Waals surface area (Å²) in [6, 6.07) is 5.02. The molecule has 3 aliphatic rings. The summed E-state index contributed by atoms with van der Waals surface area (Å²) in [4.78, 5) is 36.1. The predicted octanol–water partition coefficient (Wildman–Crippen LogP) is 3.81. The minimum Gasteiger partial charge on any atom is -0.364 e. The third kappa shape index (κ3) is 7.20. The summed E-state index contributed by atoms with van der Waals surface area (Å²) in [6.45, 7) is 6.85. The first-order chi connectivity index (χ1) is 21.5.